The van der Waals surface area contributed by atoms with Crippen LogP contribution in [0, 0.1) is 12.7 Å². The second-order valence-corrected chi connectivity index (χ2v) is 3.14. The lowest BCUT2D eigenvalue weighted by molar-refractivity contribution is -0.138. The number of esters is 1. The van der Waals surface area contributed by atoms with Crippen LogP contribution in [0.25, 0.3) is 0 Å². The number of benzene rings is 1. The van der Waals surface area contributed by atoms with Crippen molar-refractivity contribution in [2.75, 3.05) is 18.7 Å². The molecular weight excluding hydrogens is 199 g/mol. The van der Waals surface area contributed by atoms with E-state index in [9.17, 15) is 9.18 Å². The van der Waals surface area contributed by atoms with E-state index in [1.54, 1.807) is 13.0 Å². The first-order chi connectivity index (χ1) is 7.04. The largest absolute Gasteiger partial charge is 0.468 e. The maximum Gasteiger partial charge on any atom is 0.326 e. The molecule has 0 aromatic heterocycles. The summed E-state index contributed by atoms with van der Waals surface area (Å²) in [6.45, 7) is 1.56. The monoisotopic (exact) mass is 212 g/mol. The number of anilines is 1. The van der Waals surface area contributed by atoms with Gasteiger partial charge in [-0.05, 0) is 30.7 Å². The van der Waals surface area contributed by atoms with E-state index in [4.69, 9.17) is 5.84 Å². The van der Waals surface area contributed by atoms with E-state index in [2.05, 4.69) is 4.74 Å². The van der Waals surface area contributed by atoms with Crippen molar-refractivity contribution in [2.45, 2.75) is 6.92 Å². The Hall–Kier alpha value is -1.62. The number of nitrogens with zero attached hydrogens (tertiary/aromatic N) is 1. The molecule has 0 saturated carbocycles. The molecular formula is C10H13FN2O2. The van der Waals surface area contributed by atoms with Crippen LogP contribution in [0.3, 0.4) is 0 Å². The van der Waals surface area contributed by atoms with Crippen LogP contribution in [0.5, 0.6) is 0 Å². The Kier molecular flexibility index (Phi) is 3.62. The van der Waals surface area contributed by atoms with Crippen molar-refractivity contribution in [3.63, 3.8) is 0 Å². The summed E-state index contributed by atoms with van der Waals surface area (Å²) < 4.78 is 17.4. The smallest absolute Gasteiger partial charge is 0.326 e. The van der Waals surface area contributed by atoms with Crippen LogP contribution in [0.4, 0.5) is 10.1 Å². The maximum absolute atomic E-state index is 12.9. The molecule has 0 unspecified atom stereocenters. The van der Waals surface area contributed by atoms with Gasteiger partial charge in [0.25, 0.3) is 0 Å². The van der Waals surface area contributed by atoms with E-state index < -0.39 is 5.97 Å². The molecule has 0 amide bonds. The molecule has 2 N–H and O–H groups in total. The first-order valence-electron chi connectivity index (χ1n) is 4.40. The van der Waals surface area contributed by atoms with Crippen LogP contribution >= 0.6 is 0 Å². The Morgan fingerprint density at radius 3 is 2.80 bits per heavy atom. The predicted molar refractivity (Wildman–Crippen MR) is 54.7 cm³/mol. The van der Waals surface area contributed by atoms with Crippen LogP contribution in [0.15, 0.2) is 18.2 Å². The van der Waals surface area contributed by atoms with Crippen molar-refractivity contribution >= 4 is 11.7 Å². The number of hydrogen-bond donors (Lipinski definition) is 1. The molecule has 15 heavy (non-hydrogen) atoms. The van der Waals surface area contributed by atoms with Crippen LogP contribution in [0.2, 0.25) is 0 Å². The molecule has 1 aromatic carbocycles. The number of hydrazine groups is 1. The second-order valence-electron chi connectivity index (χ2n) is 3.14. The average Bonchev–Trinajstić information content (AvgIpc) is 2.21. The molecule has 82 valence electrons. The van der Waals surface area contributed by atoms with Gasteiger partial charge in [0.1, 0.15) is 12.4 Å². The first-order valence-corrected chi connectivity index (χ1v) is 4.40. The highest BCUT2D eigenvalue weighted by Gasteiger charge is 2.09. The second kappa shape index (κ2) is 4.75. The van der Waals surface area contributed by atoms with Gasteiger partial charge in [-0.25, -0.2) is 10.2 Å². The number of hydrogen-bond acceptors (Lipinski definition) is 4. The molecule has 0 radical (unpaired) electrons. The molecule has 0 saturated heterocycles. The number of halogens is 1. The van der Waals surface area contributed by atoms with Gasteiger partial charge in [-0.1, -0.05) is 0 Å². The highest BCUT2D eigenvalue weighted by molar-refractivity contribution is 5.75. The molecule has 0 atom stereocenters. The van der Waals surface area contributed by atoms with Crippen molar-refractivity contribution in [3.8, 4) is 0 Å². The molecule has 0 aliphatic heterocycles. The predicted octanol–water partition coefficient (Wildman–Crippen LogP) is 0.987. The van der Waals surface area contributed by atoms with Gasteiger partial charge >= 0.3 is 5.97 Å². The van der Waals surface area contributed by atoms with Gasteiger partial charge < -0.3 is 4.74 Å². The highest BCUT2D eigenvalue weighted by atomic mass is 19.1. The van der Waals surface area contributed by atoms with Gasteiger partial charge in [0.15, 0.2) is 0 Å². The topological polar surface area (TPSA) is 55.6 Å². The molecule has 1 rings (SSSR count). The Labute approximate surface area is 87.4 Å². The molecule has 5 heteroatoms. The molecule has 0 aliphatic rings. The summed E-state index contributed by atoms with van der Waals surface area (Å²) in [5, 5.41) is 1.21. The van der Waals surface area contributed by atoms with Crippen LogP contribution < -0.4 is 10.9 Å². The lowest BCUT2D eigenvalue weighted by atomic mass is 10.2. The summed E-state index contributed by atoms with van der Waals surface area (Å²) in [7, 11) is 1.28. The summed E-state index contributed by atoms with van der Waals surface area (Å²) in [5.41, 5.74) is 1.05. The fourth-order valence-corrected chi connectivity index (χ4v) is 1.10. The SMILES string of the molecule is COC(=O)CN(N)c1ccc(F)c(C)c1. The summed E-state index contributed by atoms with van der Waals surface area (Å²) in [6, 6.07) is 4.38. The summed E-state index contributed by atoms with van der Waals surface area (Å²) in [6.07, 6.45) is 0. The zero-order valence-corrected chi connectivity index (χ0v) is 8.66. The van der Waals surface area contributed by atoms with Gasteiger partial charge in [-0.3, -0.25) is 9.80 Å². The van der Waals surface area contributed by atoms with Crippen molar-refractivity contribution in [2.24, 2.45) is 5.84 Å². The molecule has 0 bridgehead atoms. The molecule has 0 aliphatic carbocycles. The average molecular weight is 212 g/mol. The normalized spacial score (nSPS) is 9.87. The third-order valence-electron chi connectivity index (χ3n) is 2.00. The van der Waals surface area contributed by atoms with Gasteiger partial charge in [-0.2, -0.15) is 0 Å². The van der Waals surface area contributed by atoms with E-state index >= 15 is 0 Å². The first kappa shape index (κ1) is 11.5. The van der Waals surface area contributed by atoms with Gasteiger partial charge in [0, 0.05) is 0 Å². The Morgan fingerprint density at radius 1 is 1.60 bits per heavy atom. The molecule has 0 spiro atoms. The van der Waals surface area contributed by atoms with E-state index in [1.807, 2.05) is 0 Å². The number of nitrogens with two attached hydrogens (primary N) is 1. The van der Waals surface area contributed by atoms with Crippen LogP contribution in [-0.4, -0.2) is 19.6 Å². The number of aryl methyl sites for hydroxylation is 1. The Balaban J connectivity index is 2.78. The quantitative estimate of drug-likeness (QED) is 0.461. The Bertz CT molecular complexity index is 368. The zero-order chi connectivity index (χ0) is 11.4. The maximum atomic E-state index is 12.9. The number of carbonyl (C=O) groups excluding carboxylic acids is 1. The van der Waals surface area contributed by atoms with Crippen molar-refractivity contribution < 1.29 is 13.9 Å². The molecule has 1 aromatic rings. The highest BCUT2D eigenvalue weighted by Crippen LogP contribution is 2.15. The standard InChI is InChI=1S/C10H13FN2O2/c1-7-5-8(3-4-9(7)11)13(12)6-10(14)15-2/h3-5H,6,12H2,1-2H3. The minimum atomic E-state index is -0.445. The van der Waals surface area contributed by atoms with Gasteiger partial charge in [0.2, 0.25) is 0 Å². The third-order valence-corrected chi connectivity index (χ3v) is 2.00. The van der Waals surface area contributed by atoms with Gasteiger partial charge in [-0.15, -0.1) is 0 Å². The zero-order valence-electron chi connectivity index (χ0n) is 8.66. The van der Waals surface area contributed by atoms with Crippen molar-refractivity contribution in [3.05, 3.63) is 29.6 Å². The molecule has 4 nitrogen and oxygen atoms in total. The number of carbonyl (C=O) groups is 1. The minimum Gasteiger partial charge on any atom is -0.468 e. The summed E-state index contributed by atoms with van der Waals surface area (Å²) in [5.74, 6) is 4.85. The van der Waals surface area contributed by atoms with Crippen LogP contribution in [0.1, 0.15) is 5.56 Å². The minimum absolute atomic E-state index is 0.0679. The molecule has 0 fully saturated rings. The van der Waals surface area contributed by atoms with E-state index in [0.717, 1.165) is 0 Å². The number of ether oxygens (including phenoxy) is 1. The van der Waals surface area contributed by atoms with E-state index in [0.29, 0.717) is 11.3 Å². The number of methoxy groups -OCH3 is 1. The lowest BCUT2D eigenvalue weighted by Crippen LogP contribution is -2.36. The third kappa shape index (κ3) is 2.92. The molecule has 0 heterocycles. The van der Waals surface area contributed by atoms with Gasteiger partial charge in [0.05, 0.1) is 12.8 Å². The van der Waals surface area contributed by atoms with Crippen LogP contribution in [-0.2, 0) is 9.53 Å². The fourth-order valence-electron chi connectivity index (χ4n) is 1.10. The van der Waals surface area contributed by atoms with Crippen molar-refractivity contribution in [1.82, 2.24) is 0 Å². The Morgan fingerprint density at radius 2 is 2.27 bits per heavy atom. The van der Waals surface area contributed by atoms with E-state index in [1.165, 1.54) is 24.3 Å². The summed E-state index contributed by atoms with van der Waals surface area (Å²) >= 11 is 0. The summed E-state index contributed by atoms with van der Waals surface area (Å²) in [4.78, 5) is 10.9. The fraction of sp³-hybridized carbons (Fsp3) is 0.300. The lowest BCUT2D eigenvalue weighted by Gasteiger charge is -2.17. The van der Waals surface area contributed by atoms with Crippen molar-refractivity contribution in [1.29, 1.82) is 0 Å². The number of rotatable bonds is 3. The van der Waals surface area contributed by atoms with E-state index in [-0.39, 0.29) is 12.4 Å².